The summed E-state index contributed by atoms with van der Waals surface area (Å²) in [4.78, 5) is 47.3. The molecule has 3 fully saturated rings. The van der Waals surface area contributed by atoms with Crippen LogP contribution in [0.5, 0.6) is 0 Å². The molecule has 184 valence electrons. The van der Waals surface area contributed by atoms with Crippen molar-refractivity contribution in [3.63, 3.8) is 0 Å². The van der Waals surface area contributed by atoms with Crippen molar-refractivity contribution in [3.05, 3.63) is 11.6 Å². The summed E-state index contributed by atoms with van der Waals surface area (Å²) in [6, 6.07) is 0. The van der Waals surface area contributed by atoms with Crippen LogP contribution in [-0.4, -0.2) is 50.8 Å². The first-order chi connectivity index (χ1) is 15.4. The van der Waals surface area contributed by atoms with Crippen molar-refractivity contribution in [2.45, 2.75) is 90.6 Å². The Labute approximate surface area is 195 Å². The first kappa shape index (κ1) is 25.8. The highest BCUT2D eigenvalue weighted by Crippen LogP contribution is 2.66. The van der Waals surface area contributed by atoms with E-state index in [4.69, 9.17) is 5.11 Å². The molecular weight excluding hydrogens is 424 g/mol. The van der Waals surface area contributed by atoms with Crippen molar-refractivity contribution >= 4 is 23.3 Å². The van der Waals surface area contributed by atoms with E-state index in [2.05, 4.69) is 6.92 Å². The predicted molar refractivity (Wildman–Crippen MR) is 121 cm³/mol. The molecule has 7 heteroatoms. The van der Waals surface area contributed by atoms with Crippen LogP contribution in [0.1, 0.15) is 85.0 Å². The number of Topliss-reactive ketones (excluding diaryl/α,β-unsaturated/α-hetero) is 2. The van der Waals surface area contributed by atoms with Gasteiger partial charge in [0.2, 0.25) is 0 Å². The number of hydrogen-bond donors (Lipinski definition) is 3. The number of fused-ring (bicyclic) bond motifs is 5. The van der Waals surface area contributed by atoms with E-state index in [9.17, 15) is 29.4 Å². The number of unbranched alkanes of at least 4 members (excludes halogenated alkanes) is 1. The fraction of sp³-hybridized carbons (Fsp3) is 0.769. The summed E-state index contributed by atoms with van der Waals surface area (Å²) in [6.45, 7) is 5.28. The maximum absolute atomic E-state index is 13.3. The van der Waals surface area contributed by atoms with E-state index in [1.54, 1.807) is 6.08 Å². The van der Waals surface area contributed by atoms with E-state index in [1.807, 2.05) is 13.8 Å². The molecule has 0 aromatic carbocycles. The molecule has 4 aliphatic rings. The molecule has 3 saturated carbocycles. The van der Waals surface area contributed by atoms with Gasteiger partial charge in [-0.15, -0.1) is 0 Å². The number of carboxylic acid groups (broad SMARTS) is 1. The Kier molecular flexibility index (Phi) is 7.35. The average Bonchev–Trinajstić information content (AvgIpc) is 3.03. The van der Waals surface area contributed by atoms with E-state index < -0.39 is 29.4 Å². The number of carbonyl (C=O) groups excluding carboxylic acids is 3. The fourth-order valence-corrected chi connectivity index (χ4v) is 7.30. The van der Waals surface area contributed by atoms with Crippen LogP contribution in [0.15, 0.2) is 11.6 Å². The summed E-state index contributed by atoms with van der Waals surface area (Å²) >= 11 is 0. The smallest absolute Gasteiger partial charge is 0.303 e. The zero-order valence-electron chi connectivity index (χ0n) is 20.1. The van der Waals surface area contributed by atoms with Gasteiger partial charge in [0, 0.05) is 30.6 Å². The lowest BCUT2D eigenvalue weighted by atomic mass is 9.46. The molecule has 0 radical (unpaired) electrons. The minimum Gasteiger partial charge on any atom is -0.481 e. The SMILES string of the molecule is CCCCC(=O)O.C[C@]12CCC(=O)C=C1CC[C@@H]1[C@@H]2C(=O)C[C@@]2(C)[C@H]1CC[C@]2(O)C(=O)CO. The number of rotatable bonds is 5. The summed E-state index contributed by atoms with van der Waals surface area (Å²) in [5.74, 6) is -0.865. The Morgan fingerprint density at radius 1 is 1.12 bits per heavy atom. The molecule has 33 heavy (non-hydrogen) atoms. The van der Waals surface area contributed by atoms with E-state index >= 15 is 0 Å². The Bertz CT molecular complexity index is 861. The van der Waals surface area contributed by atoms with Crippen LogP contribution in [0, 0.1) is 28.6 Å². The molecule has 0 saturated heterocycles. The van der Waals surface area contributed by atoms with Crippen LogP contribution in [0.3, 0.4) is 0 Å². The van der Waals surface area contributed by atoms with Gasteiger partial charge < -0.3 is 15.3 Å². The van der Waals surface area contributed by atoms with E-state index in [1.165, 1.54) is 0 Å². The summed E-state index contributed by atoms with van der Waals surface area (Å²) < 4.78 is 0. The van der Waals surface area contributed by atoms with Gasteiger partial charge in [-0.25, -0.2) is 0 Å². The Morgan fingerprint density at radius 2 is 1.82 bits per heavy atom. The third-order valence-corrected chi connectivity index (χ3v) is 9.16. The number of allylic oxidation sites excluding steroid dienone is 1. The molecule has 0 bridgehead atoms. The molecule has 0 aromatic rings. The Morgan fingerprint density at radius 3 is 2.39 bits per heavy atom. The van der Waals surface area contributed by atoms with Crippen LogP contribution in [0.25, 0.3) is 0 Å². The van der Waals surface area contributed by atoms with E-state index in [0.717, 1.165) is 31.3 Å². The lowest BCUT2D eigenvalue weighted by Crippen LogP contribution is -2.60. The first-order valence-corrected chi connectivity index (χ1v) is 12.3. The highest BCUT2D eigenvalue weighted by molar-refractivity contribution is 5.94. The quantitative estimate of drug-likeness (QED) is 0.572. The first-order valence-electron chi connectivity index (χ1n) is 12.3. The zero-order chi connectivity index (χ0) is 24.6. The van der Waals surface area contributed by atoms with Gasteiger partial charge in [-0.2, -0.15) is 0 Å². The van der Waals surface area contributed by atoms with Crippen LogP contribution in [-0.2, 0) is 19.2 Å². The molecule has 0 heterocycles. The lowest BCUT2D eigenvalue weighted by molar-refractivity contribution is -0.170. The van der Waals surface area contributed by atoms with Gasteiger partial charge in [-0.1, -0.05) is 32.8 Å². The van der Waals surface area contributed by atoms with Gasteiger partial charge >= 0.3 is 5.97 Å². The number of carbonyl (C=O) groups is 4. The van der Waals surface area contributed by atoms with Crippen LogP contribution < -0.4 is 0 Å². The number of carboxylic acids is 1. The average molecular weight is 463 g/mol. The van der Waals surface area contributed by atoms with Gasteiger partial charge in [0.1, 0.15) is 18.0 Å². The number of ketones is 3. The second-order valence-electron chi connectivity index (χ2n) is 10.9. The number of aliphatic hydroxyl groups excluding tert-OH is 1. The van der Waals surface area contributed by atoms with Gasteiger partial charge in [-0.05, 0) is 61.9 Å². The van der Waals surface area contributed by atoms with Gasteiger partial charge in [0.15, 0.2) is 11.6 Å². The maximum atomic E-state index is 13.3. The van der Waals surface area contributed by atoms with Crippen molar-refractivity contribution in [1.29, 1.82) is 0 Å². The van der Waals surface area contributed by atoms with E-state index in [0.29, 0.717) is 32.1 Å². The molecule has 0 amide bonds. The highest BCUT2D eigenvalue weighted by Gasteiger charge is 2.68. The van der Waals surface area contributed by atoms with Crippen LogP contribution >= 0.6 is 0 Å². The normalized spacial score (nSPS) is 39.4. The second-order valence-corrected chi connectivity index (χ2v) is 10.9. The fourth-order valence-electron chi connectivity index (χ4n) is 7.30. The van der Waals surface area contributed by atoms with E-state index in [-0.39, 0.29) is 41.2 Å². The molecule has 4 rings (SSSR count). The Hall–Kier alpha value is -1.86. The molecule has 0 aliphatic heterocycles. The lowest BCUT2D eigenvalue weighted by Gasteiger charge is -2.57. The standard InChI is InChI=1S/C21H28O5.C5H10O2/c1-19-7-5-13(23)9-12(19)3-4-14-15-6-8-21(26,17(25)11-22)20(15,2)10-16(24)18(14)19;1-2-3-4-5(6)7/h9,14-15,18,22,26H,3-8,10-11H2,1-2H3;2-4H2,1H3,(H,6,7)/t14-,15-,18+,19-,20-,21-;/m0./s1. The van der Waals surface area contributed by atoms with Gasteiger partial charge in [-0.3, -0.25) is 19.2 Å². The van der Waals surface area contributed by atoms with Crippen molar-refractivity contribution in [1.82, 2.24) is 0 Å². The number of aliphatic carboxylic acids is 1. The molecule has 4 aliphatic carbocycles. The largest absolute Gasteiger partial charge is 0.481 e. The molecule has 0 aromatic heterocycles. The number of hydrogen-bond acceptors (Lipinski definition) is 6. The van der Waals surface area contributed by atoms with Gasteiger partial charge in [0.25, 0.3) is 0 Å². The van der Waals surface area contributed by atoms with Crippen LogP contribution in [0.2, 0.25) is 0 Å². The van der Waals surface area contributed by atoms with Gasteiger partial charge in [0.05, 0.1) is 0 Å². The summed E-state index contributed by atoms with van der Waals surface area (Å²) in [6.07, 6.45) is 7.91. The third-order valence-electron chi connectivity index (χ3n) is 9.16. The van der Waals surface area contributed by atoms with Crippen molar-refractivity contribution in [3.8, 4) is 0 Å². The monoisotopic (exact) mass is 462 g/mol. The van der Waals surface area contributed by atoms with Crippen molar-refractivity contribution in [2.75, 3.05) is 6.61 Å². The minimum atomic E-state index is -1.60. The predicted octanol–water partition coefficient (Wildman–Crippen LogP) is 3.25. The molecule has 0 spiro atoms. The summed E-state index contributed by atoms with van der Waals surface area (Å²) in [5.41, 5.74) is -1.55. The topological polar surface area (TPSA) is 129 Å². The molecule has 6 atom stereocenters. The maximum Gasteiger partial charge on any atom is 0.303 e. The number of aliphatic hydroxyl groups is 2. The zero-order valence-corrected chi connectivity index (χ0v) is 20.1. The van der Waals surface area contributed by atoms with Crippen LogP contribution in [0.4, 0.5) is 0 Å². The Balaban J connectivity index is 0.000000383. The summed E-state index contributed by atoms with van der Waals surface area (Å²) in [7, 11) is 0. The molecule has 3 N–H and O–H groups in total. The second kappa shape index (κ2) is 9.41. The minimum absolute atomic E-state index is 0.0988. The molecule has 0 unspecified atom stereocenters. The highest BCUT2D eigenvalue weighted by atomic mass is 16.4. The van der Waals surface area contributed by atoms with Crippen molar-refractivity contribution < 1.29 is 34.5 Å². The summed E-state index contributed by atoms with van der Waals surface area (Å²) in [5, 5.41) is 28.5. The molecular formula is C26H38O7. The molecule has 7 nitrogen and oxygen atoms in total. The third kappa shape index (κ3) is 4.23. The van der Waals surface area contributed by atoms with Crippen molar-refractivity contribution in [2.24, 2.45) is 28.6 Å².